The zero-order valence-corrected chi connectivity index (χ0v) is 20.3. The lowest BCUT2D eigenvalue weighted by Crippen LogP contribution is -2.40. The number of ether oxygens (including phenoxy) is 1. The molecule has 4 aromatic carbocycles. The largest absolute Gasteiger partial charge is 0.455 e. The zero-order valence-electron chi connectivity index (χ0n) is 18.7. The summed E-state index contributed by atoms with van der Waals surface area (Å²) in [5.74, 6) is 0.446. The maximum absolute atomic E-state index is 13.5. The highest BCUT2D eigenvalue weighted by atomic mass is 35.5. The normalized spacial score (nSPS) is 13.5. The number of para-hydroxylation sites is 1. The van der Waals surface area contributed by atoms with Crippen molar-refractivity contribution in [2.75, 3.05) is 16.2 Å². The monoisotopic (exact) mass is 504 g/mol. The van der Waals surface area contributed by atoms with Crippen LogP contribution in [-0.2, 0) is 14.8 Å². The van der Waals surface area contributed by atoms with Crippen molar-refractivity contribution in [3.05, 3.63) is 102 Å². The maximum Gasteiger partial charge on any atom is 0.265 e. The minimum Gasteiger partial charge on any atom is -0.455 e. The Kier molecular flexibility index (Phi) is 5.96. The number of amides is 1. The third-order valence-corrected chi connectivity index (χ3v) is 7.69. The fraction of sp³-hybridized carbons (Fsp3) is 0.0741. The Morgan fingerprint density at radius 2 is 1.66 bits per heavy atom. The average molecular weight is 505 g/mol. The number of halogens is 1. The zero-order chi connectivity index (χ0) is 24.6. The second-order valence-corrected chi connectivity index (χ2v) is 10.4. The number of benzene rings is 4. The van der Waals surface area contributed by atoms with E-state index in [0.29, 0.717) is 33.5 Å². The van der Waals surface area contributed by atoms with Gasteiger partial charge in [0.15, 0.2) is 5.75 Å². The lowest BCUT2D eigenvalue weighted by molar-refractivity contribution is -0.114. The first-order valence-corrected chi connectivity index (χ1v) is 12.7. The topological polar surface area (TPSA) is 75.7 Å². The number of nitrogens with zero attached hydrogens (tertiary/aromatic N) is 1. The summed E-state index contributed by atoms with van der Waals surface area (Å²) in [7, 11) is -3.95. The molecule has 5 rings (SSSR count). The Bertz CT molecular complexity index is 1540. The highest BCUT2D eigenvalue weighted by molar-refractivity contribution is 7.93. The van der Waals surface area contributed by atoms with Crippen LogP contribution in [0.2, 0.25) is 5.02 Å². The standard InChI is InChI=1S/C27H21ClN2O4S/c1-18-11-13-24-22(15-18)21-9-5-6-10-26(21)35(32,33)30(24)17-27(31)29-23-16-19(28)12-14-25(23)34-20-7-3-2-4-8-20/h2-16H,17H2,1H3,(H,29,31). The minimum absolute atomic E-state index is 0.168. The van der Waals surface area contributed by atoms with Crippen molar-refractivity contribution in [1.82, 2.24) is 0 Å². The Morgan fingerprint density at radius 3 is 2.46 bits per heavy atom. The molecule has 0 aromatic heterocycles. The van der Waals surface area contributed by atoms with Crippen molar-refractivity contribution < 1.29 is 17.9 Å². The molecule has 0 spiro atoms. The number of rotatable bonds is 5. The van der Waals surface area contributed by atoms with Crippen molar-refractivity contribution in [3.63, 3.8) is 0 Å². The predicted molar refractivity (Wildman–Crippen MR) is 138 cm³/mol. The fourth-order valence-corrected chi connectivity index (χ4v) is 5.86. The molecule has 1 N–H and O–H groups in total. The van der Waals surface area contributed by atoms with Crippen LogP contribution in [0.4, 0.5) is 11.4 Å². The number of hydrogen-bond acceptors (Lipinski definition) is 4. The molecule has 0 unspecified atom stereocenters. The number of carbonyl (C=O) groups excluding carboxylic acids is 1. The second kappa shape index (κ2) is 9.09. The minimum atomic E-state index is -3.95. The molecule has 0 saturated carbocycles. The molecule has 0 atom stereocenters. The van der Waals surface area contributed by atoms with Gasteiger partial charge in [-0.15, -0.1) is 0 Å². The predicted octanol–water partition coefficient (Wildman–Crippen LogP) is 6.26. The Balaban J connectivity index is 1.47. The summed E-state index contributed by atoms with van der Waals surface area (Å²) in [6.07, 6.45) is 0. The summed E-state index contributed by atoms with van der Waals surface area (Å²) in [5, 5.41) is 3.17. The summed E-state index contributed by atoms with van der Waals surface area (Å²) in [4.78, 5) is 13.3. The first-order valence-electron chi connectivity index (χ1n) is 10.9. The van der Waals surface area contributed by atoms with Crippen molar-refractivity contribution in [3.8, 4) is 22.6 Å². The van der Waals surface area contributed by atoms with Crippen LogP contribution in [-0.4, -0.2) is 20.9 Å². The first kappa shape index (κ1) is 23.0. The van der Waals surface area contributed by atoms with Crippen LogP contribution in [0.15, 0.2) is 95.9 Å². The van der Waals surface area contributed by atoms with E-state index in [1.807, 2.05) is 37.3 Å². The number of aryl methyl sites for hydroxylation is 1. The molecule has 176 valence electrons. The highest BCUT2D eigenvalue weighted by Gasteiger charge is 2.36. The average Bonchev–Trinajstić information content (AvgIpc) is 2.84. The number of anilines is 2. The van der Waals surface area contributed by atoms with Crippen LogP contribution in [0.1, 0.15) is 5.56 Å². The SMILES string of the molecule is Cc1ccc2c(c1)-c1ccccc1S(=O)(=O)N2CC(=O)Nc1cc(Cl)ccc1Oc1ccccc1. The van der Waals surface area contributed by atoms with Crippen molar-refractivity contribution in [2.45, 2.75) is 11.8 Å². The molecule has 6 nitrogen and oxygen atoms in total. The quantitative estimate of drug-likeness (QED) is 0.348. The van der Waals surface area contributed by atoms with E-state index in [9.17, 15) is 13.2 Å². The number of carbonyl (C=O) groups is 1. The highest BCUT2D eigenvalue weighted by Crippen LogP contribution is 2.43. The summed E-state index contributed by atoms with van der Waals surface area (Å²) in [5.41, 5.74) is 3.17. The molecule has 1 aliphatic heterocycles. The van der Waals surface area contributed by atoms with Gasteiger partial charge < -0.3 is 10.1 Å². The lowest BCUT2D eigenvalue weighted by atomic mass is 10.0. The van der Waals surface area contributed by atoms with Crippen LogP contribution in [0.25, 0.3) is 11.1 Å². The van der Waals surface area contributed by atoms with Crippen molar-refractivity contribution >= 4 is 38.9 Å². The van der Waals surface area contributed by atoms with E-state index in [4.69, 9.17) is 16.3 Å². The van der Waals surface area contributed by atoms with Gasteiger partial charge in [0.1, 0.15) is 12.3 Å². The van der Waals surface area contributed by atoms with E-state index in [1.165, 1.54) is 0 Å². The summed E-state index contributed by atoms with van der Waals surface area (Å²) < 4.78 is 34.1. The molecular formula is C27H21ClN2O4S. The van der Waals surface area contributed by atoms with E-state index in [-0.39, 0.29) is 4.90 Å². The molecular weight excluding hydrogens is 484 g/mol. The van der Waals surface area contributed by atoms with E-state index in [1.54, 1.807) is 60.7 Å². The van der Waals surface area contributed by atoms with E-state index >= 15 is 0 Å². The van der Waals surface area contributed by atoms with Gasteiger partial charge in [0, 0.05) is 16.1 Å². The summed E-state index contributed by atoms with van der Waals surface area (Å²) >= 11 is 6.17. The number of fused-ring (bicyclic) bond motifs is 3. The molecule has 1 amide bonds. The lowest BCUT2D eigenvalue weighted by Gasteiger charge is -2.32. The van der Waals surface area contributed by atoms with Gasteiger partial charge in [-0.3, -0.25) is 9.10 Å². The number of nitrogens with one attached hydrogen (secondary N) is 1. The van der Waals surface area contributed by atoms with Gasteiger partial charge in [-0.05, 0) is 55.5 Å². The number of sulfonamides is 1. The third kappa shape index (κ3) is 4.48. The number of hydrogen-bond donors (Lipinski definition) is 1. The Hall–Kier alpha value is -3.81. The van der Waals surface area contributed by atoms with Crippen LogP contribution in [0.5, 0.6) is 11.5 Å². The first-order chi connectivity index (χ1) is 16.8. The smallest absolute Gasteiger partial charge is 0.265 e. The molecule has 8 heteroatoms. The summed E-state index contributed by atoms with van der Waals surface area (Å²) in [6.45, 7) is 1.53. The molecule has 35 heavy (non-hydrogen) atoms. The van der Waals surface area contributed by atoms with Crippen molar-refractivity contribution in [1.29, 1.82) is 0 Å². The van der Waals surface area contributed by atoms with Crippen LogP contribution in [0.3, 0.4) is 0 Å². The van der Waals surface area contributed by atoms with Gasteiger partial charge in [0.05, 0.1) is 16.3 Å². The molecule has 0 fully saturated rings. The van der Waals surface area contributed by atoms with Crippen molar-refractivity contribution in [2.24, 2.45) is 0 Å². The van der Waals surface area contributed by atoms with Gasteiger partial charge in [0.2, 0.25) is 5.91 Å². The maximum atomic E-state index is 13.5. The molecule has 0 bridgehead atoms. The Morgan fingerprint density at radius 1 is 0.914 bits per heavy atom. The van der Waals surface area contributed by atoms with E-state index in [0.717, 1.165) is 15.4 Å². The Labute approximate surface area is 208 Å². The van der Waals surface area contributed by atoms with Crippen LogP contribution >= 0.6 is 11.6 Å². The van der Waals surface area contributed by atoms with E-state index < -0.39 is 22.5 Å². The fourth-order valence-electron chi connectivity index (χ4n) is 4.04. The van der Waals surface area contributed by atoms with Gasteiger partial charge in [-0.2, -0.15) is 0 Å². The van der Waals surface area contributed by atoms with Gasteiger partial charge in [-0.25, -0.2) is 8.42 Å². The third-order valence-electron chi connectivity index (χ3n) is 5.64. The molecule has 0 saturated heterocycles. The second-order valence-electron chi connectivity index (χ2n) is 8.13. The van der Waals surface area contributed by atoms with Gasteiger partial charge in [-0.1, -0.05) is 59.6 Å². The molecule has 0 aliphatic carbocycles. The van der Waals surface area contributed by atoms with Gasteiger partial charge >= 0.3 is 0 Å². The molecule has 1 aliphatic rings. The van der Waals surface area contributed by atoms with Crippen LogP contribution < -0.4 is 14.4 Å². The molecule has 0 radical (unpaired) electrons. The van der Waals surface area contributed by atoms with E-state index in [2.05, 4.69) is 5.32 Å². The molecule has 1 heterocycles. The van der Waals surface area contributed by atoms with Crippen LogP contribution in [0, 0.1) is 6.92 Å². The summed E-state index contributed by atoms with van der Waals surface area (Å²) in [6, 6.07) is 26.3. The molecule has 4 aromatic rings. The van der Waals surface area contributed by atoms with Gasteiger partial charge in [0.25, 0.3) is 10.0 Å².